The number of Topliss-reactive ketones (excluding diaryl/α,β-unsaturated/α-hetero) is 1. The zero-order chi connectivity index (χ0) is 32.5. The van der Waals surface area contributed by atoms with Crippen LogP contribution in [0.4, 0.5) is 5.13 Å². The van der Waals surface area contributed by atoms with E-state index in [0.29, 0.717) is 77.0 Å². The van der Waals surface area contributed by atoms with Gasteiger partial charge in [-0.15, -0.1) is 0 Å². The van der Waals surface area contributed by atoms with E-state index in [1.54, 1.807) is 36.4 Å². The third-order valence-corrected chi connectivity index (χ3v) is 8.88. The molecule has 7 rings (SSSR count). The van der Waals surface area contributed by atoms with Crippen LogP contribution < -0.4 is 28.6 Å². The molecule has 1 aromatic heterocycles. The average molecular weight is 651 g/mol. The number of benzene rings is 4. The molecule has 0 aliphatic carbocycles. The van der Waals surface area contributed by atoms with Crippen LogP contribution in [0, 0.1) is 0 Å². The molecule has 0 unspecified atom stereocenters. The fourth-order valence-electron chi connectivity index (χ4n) is 5.65. The van der Waals surface area contributed by atoms with Crippen molar-refractivity contribution < 1.29 is 38.4 Å². The van der Waals surface area contributed by atoms with Gasteiger partial charge in [0.25, 0.3) is 5.78 Å². The predicted molar refractivity (Wildman–Crippen MR) is 177 cm³/mol. The molecule has 1 fully saturated rings. The molecule has 1 saturated heterocycles. The maximum absolute atomic E-state index is 13.9. The number of ether oxygens (including phenoxy) is 5. The number of carbonyl (C=O) groups excluding carboxylic acids is 2. The molecule has 3 heterocycles. The minimum atomic E-state index is -1.04. The third kappa shape index (κ3) is 5.70. The summed E-state index contributed by atoms with van der Waals surface area (Å²) in [4.78, 5) is 33.8. The quantitative estimate of drug-likeness (QED) is 0.106. The molecule has 11 heteroatoms. The van der Waals surface area contributed by atoms with E-state index < -0.39 is 17.7 Å². The Hall–Kier alpha value is -5.55. The molecule has 4 aromatic carbocycles. The summed E-state index contributed by atoms with van der Waals surface area (Å²) in [5, 5.41) is 12.0. The van der Waals surface area contributed by atoms with Gasteiger partial charge in [-0.3, -0.25) is 14.5 Å². The van der Waals surface area contributed by atoms with Crippen molar-refractivity contribution in [2.45, 2.75) is 19.6 Å². The zero-order valence-corrected chi connectivity index (χ0v) is 26.4. The average Bonchev–Trinajstić information content (AvgIpc) is 3.64. The Morgan fingerprint density at radius 1 is 0.936 bits per heavy atom. The van der Waals surface area contributed by atoms with Gasteiger partial charge in [0.1, 0.15) is 31.3 Å². The summed E-state index contributed by atoms with van der Waals surface area (Å²) in [6.07, 6.45) is 0. The molecule has 1 N–H and O–H groups in total. The Kier molecular flexibility index (Phi) is 8.13. The molecule has 0 bridgehead atoms. The van der Waals surface area contributed by atoms with E-state index in [4.69, 9.17) is 28.7 Å². The number of ketones is 1. The number of fused-ring (bicyclic) bond motifs is 2. The van der Waals surface area contributed by atoms with E-state index in [2.05, 4.69) is 0 Å². The first-order valence-corrected chi connectivity index (χ1v) is 15.9. The second kappa shape index (κ2) is 12.7. The van der Waals surface area contributed by atoms with Gasteiger partial charge >= 0.3 is 5.91 Å². The Bertz CT molecular complexity index is 2020. The molecule has 1 amide bonds. The van der Waals surface area contributed by atoms with Gasteiger partial charge in [-0.1, -0.05) is 47.7 Å². The number of anilines is 1. The summed E-state index contributed by atoms with van der Waals surface area (Å²) in [7, 11) is 1.52. The van der Waals surface area contributed by atoms with Crippen molar-refractivity contribution in [1.29, 1.82) is 0 Å². The van der Waals surface area contributed by atoms with Gasteiger partial charge in [0.15, 0.2) is 28.1 Å². The van der Waals surface area contributed by atoms with Gasteiger partial charge in [0.05, 0.1) is 35.5 Å². The molecule has 2 aliphatic heterocycles. The maximum atomic E-state index is 13.9. The molecule has 1 atom stereocenters. The van der Waals surface area contributed by atoms with Crippen molar-refractivity contribution in [1.82, 2.24) is 4.98 Å². The fourth-order valence-corrected chi connectivity index (χ4v) is 6.67. The van der Waals surface area contributed by atoms with Gasteiger partial charge < -0.3 is 28.8 Å². The summed E-state index contributed by atoms with van der Waals surface area (Å²) in [5.74, 6) is 0.493. The van der Waals surface area contributed by atoms with Crippen molar-refractivity contribution >= 4 is 44.1 Å². The van der Waals surface area contributed by atoms with Gasteiger partial charge in [0, 0.05) is 5.56 Å². The van der Waals surface area contributed by atoms with E-state index in [1.165, 1.54) is 23.3 Å². The molecule has 0 spiro atoms. The van der Waals surface area contributed by atoms with Crippen LogP contribution in [-0.2, 0) is 16.2 Å². The third-order valence-electron chi connectivity index (χ3n) is 7.87. The zero-order valence-electron chi connectivity index (χ0n) is 25.6. The number of thiazole rings is 1. The highest BCUT2D eigenvalue weighted by molar-refractivity contribution is 7.22. The molecule has 0 radical (unpaired) electrons. The van der Waals surface area contributed by atoms with Crippen LogP contribution in [0.1, 0.15) is 29.7 Å². The minimum absolute atomic E-state index is 0.0963. The number of aliphatic hydroxyl groups is 1. The second-order valence-electron chi connectivity index (χ2n) is 10.8. The normalized spacial score (nSPS) is 16.8. The first kappa shape index (κ1) is 30.1. The lowest BCUT2D eigenvalue weighted by Crippen LogP contribution is -2.29. The number of aliphatic hydroxyl groups excluding tert-OH is 1. The maximum Gasteiger partial charge on any atom is 0.301 e. The van der Waals surface area contributed by atoms with Crippen molar-refractivity contribution in [3.8, 4) is 28.7 Å². The van der Waals surface area contributed by atoms with Crippen molar-refractivity contribution in [3.63, 3.8) is 0 Å². The van der Waals surface area contributed by atoms with E-state index in [0.717, 1.165) is 10.3 Å². The number of nitrogens with zero attached hydrogens (tertiary/aromatic N) is 2. The number of rotatable bonds is 9. The summed E-state index contributed by atoms with van der Waals surface area (Å²) in [6, 6.07) is 24.2. The molecule has 47 heavy (non-hydrogen) atoms. The number of methoxy groups -OCH3 is 1. The monoisotopic (exact) mass is 650 g/mol. The lowest BCUT2D eigenvalue weighted by Gasteiger charge is -2.24. The molecule has 5 aromatic rings. The topological polar surface area (TPSA) is 117 Å². The summed E-state index contributed by atoms with van der Waals surface area (Å²) in [5.41, 5.74) is 2.35. The van der Waals surface area contributed by atoms with Crippen LogP contribution in [0.2, 0.25) is 0 Å². The fraction of sp³-hybridized carbons (Fsp3) is 0.194. The number of amides is 1. The molecular formula is C36H30N2O8S. The molecular weight excluding hydrogens is 620 g/mol. The number of carbonyl (C=O) groups is 2. The number of aromatic nitrogens is 1. The Labute approximate surface area is 274 Å². The highest BCUT2D eigenvalue weighted by atomic mass is 32.1. The van der Waals surface area contributed by atoms with Crippen molar-refractivity contribution in [3.05, 3.63) is 107 Å². The van der Waals surface area contributed by atoms with Crippen LogP contribution in [0.25, 0.3) is 16.0 Å². The highest BCUT2D eigenvalue weighted by Gasteiger charge is 2.48. The van der Waals surface area contributed by atoms with Gasteiger partial charge in [-0.2, -0.15) is 0 Å². The van der Waals surface area contributed by atoms with Crippen molar-refractivity contribution in [2.75, 3.05) is 31.8 Å². The molecule has 0 saturated carbocycles. The smallest absolute Gasteiger partial charge is 0.301 e. The van der Waals surface area contributed by atoms with E-state index in [-0.39, 0.29) is 11.3 Å². The number of hydrogen-bond acceptors (Lipinski definition) is 10. The van der Waals surface area contributed by atoms with Crippen LogP contribution in [0.5, 0.6) is 28.7 Å². The predicted octanol–water partition coefficient (Wildman–Crippen LogP) is 6.68. The van der Waals surface area contributed by atoms with Crippen LogP contribution in [-0.4, -0.2) is 48.7 Å². The van der Waals surface area contributed by atoms with Crippen LogP contribution in [0.3, 0.4) is 0 Å². The standard InChI is InChI=1S/C36H30N2O8S/c1-3-43-24-11-12-25-30(19-24)47-36(37-25)38-32(22-9-13-26(28(17-22)42-2)46-20-21-7-5-4-6-8-21)31(34(40)35(38)41)33(39)23-10-14-27-29(18-23)45-16-15-44-27/h4-14,17-19,32,39H,3,15-16,20H2,1-2H3/t32-/m0/s1. The summed E-state index contributed by atoms with van der Waals surface area (Å²) >= 11 is 1.25. The van der Waals surface area contributed by atoms with Gasteiger partial charge in [0.2, 0.25) is 0 Å². The van der Waals surface area contributed by atoms with Crippen molar-refractivity contribution in [2.24, 2.45) is 0 Å². The highest BCUT2D eigenvalue weighted by Crippen LogP contribution is 2.47. The van der Waals surface area contributed by atoms with Gasteiger partial charge in [-0.25, -0.2) is 4.98 Å². The molecule has 238 valence electrons. The molecule has 2 aliphatic rings. The second-order valence-corrected chi connectivity index (χ2v) is 11.8. The summed E-state index contributed by atoms with van der Waals surface area (Å²) < 4.78 is 29.6. The SMILES string of the molecule is CCOc1ccc2nc(N3C(=O)C(=O)C(=C(O)c4ccc5c(c4)OCCO5)[C@@H]3c3ccc(OCc4ccccc4)c(OC)c3)sc2c1. The van der Waals surface area contributed by atoms with E-state index >= 15 is 0 Å². The lowest BCUT2D eigenvalue weighted by atomic mass is 9.95. The Balaban J connectivity index is 1.34. The van der Waals surface area contributed by atoms with Crippen LogP contribution in [0.15, 0.2) is 90.5 Å². The first-order valence-electron chi connectivity index (χ1n) is 15.0. The Morgan fingerprint density at radius 2 is 1.74 bits per heavy atom. The first-order chi connectivity index (χ1) is 22.9. The molecule has 10 nitrogen and oxygen atoms in total. The number of hydrogen-bond donors (Lipinski definition) is 1. The van der Waals surface area contributed by atoms with Gasteiger partial charge in [-0.05, 0) is 66.6 Å². The van der Waals surface area contributed by atoms with E-state index in [1.807, 2.05) is 55.5 Å². The Morgan fingerprint density at radius 3 is 2.53 bits per heavy atom. The van der Waals surface area contributed by atoms with E-state index in [9.17, 15) is 14.7 Å². The largest absolute Gasteiger partial charge is 0.507 e. The minimum Gasteiger partial charge on any atom is -0.507 e. The summed E-state index contributed by atoms with van der Waals surface area (Å²) in [6.45, 7) is 3.47. The lowest BCUT2D eigenvalue weighted by molar-refractivity contribution is -0.132. The van der Waals surface area contributed by atoms with Crippen LogP contribution >= 0.6 is 11.3 Å².